The van der Waals surface area contributed by atoms with Crippen LogP contribution < -0.4 is 4.74 Å². The molecule has 1 saturated heterocycles. The Hall–Kier alpha value is -2.82. The number of nitrogens with zero attached hydrogens (tertiary/aromatic N) is 1. The van der Waals surface area contributed by atoms with E-state index in [4.69, 9.17) is 9.47 Å². The first kappa shape index (κ1) is 20.1. The van der Waals surface area contributed by atoms with Gasteiger partial charge in [0.15, 0.2) is 6.61 Å². The minimum absolute atomic E-state index is 0.0894. The van der Waals surface area contributed by atoms with Crippen LogP contribution in [0.25, 0.3) is 0 Å². The molecule has 2 heterocycles. The Balaban J connectivity index is 1.32. The lowest BCUT2D eigenvalue weighted by atomic mass is 9.65. The Morgan fingerprint density at radius 1 is 1.00 bits per heavy atom. The molecule has 0 aromatic heterocycles. The van der Waals surface area contributed by atoms with Crippen LogP contribution in [-0.2, 0) is 14.3 Å². The highest BCUT2D eigenvalue weighted by molar-refractivity contribution is 5.88. The minimum Gasteiger partial charge on any atom is -0.457 e. The van der Waals surface area contributed by atoms with Crippen LogP contribution in [0.15, 0.2) is 48.5 Å². The fourth-order valence-electron chi connectivity index (χ4n) is 6.21. The Morgan fingerprint density at radius 3 is 2.26 bits per heavy atom. The second-order valence-electron chi connectivity index (χ2n) is 10.5. The number of amides is 1. The Bertz CT molecular complexity index is 1000. The molecule has 0 N–H and O–H groups in total. The van der Waals surface area contributed by atoms with E-state index in [-0.39, 0.29) is 29.4 Å². The SMILES string of the molecule is CC1(C)C[C@H]2C[C@](C)(CN2C(=O)COC(=O)C2c3ccccc3Oc3ccccc32)C1. The lowest BCUT2D eigenvalue weighted by Crippen LogP contribution is -2.40. The van der Waals surface area contributed by atoms with Gasteiger partial charge in [-0.2, -0.15) is 0 Å². The van der Waals surface area contributed by atoms with E-state index in [0.717, 1.165) is 36.9 Å². The van der Waals surface area contributed by atoms with Crippen LogP contribution in [0.3, 0.4) is 0 Å². The second kappa shape index (κ2) is 7.11. The number of carbonyl (C=O) groups is 2. The van der Waals surface area contributed by atoms with Crippen molar-refractivity contribution >= 4 is 11.9 Å². The van der Waals surface area contributed by atoms with Gasteiger partial charge in [-0.3, -0.25) is 9.59 Å². The summed E-state index contributed by atoms with van der Waals surface area (Å²) in [6.07, 6.45) is 3.16. The molecule has 5 nitrogen and oxygen atoms in total. The van der Waals surface area contributed by atoms with Crippen molar-refractivity contribution < 1.29 is 19.1 Å². The first-order valence-electron chi connectivity index (χ1n) is 11.1. The number of ether oxygens (including phenoxy) is 2. The lowest BCUT2D eigenvalue weighted by Gasteiger charge is -2.39. The van der Waals surface area contributed by atoms with E-state index < -0.39 is 11.9 Å². The predicted octanol–water partition coefficient (Wildman–Crippen LogP) is 4.89. The molecule has 0 unspecified atom stereocenters. The summed E-state index contributed by atoms with van der Waals surface area (Å²) < 4.78 is 11.6. The third-order valence-corrected chi connectivity index (χ3v) is 6.99. The highest BCUT2D eigenvalue weighted by Crippen LogP contribution is 2.52. The van der Waals surface area contributed by atoms with Gasteiger partial charge in [0.1, 0.15) is 17.4 Å². The van der Waals surface area contributed by atoms with Crippen molar-refractivity contribution in [1.29, 1.82) is 0 Å². The zero-order valence-corrected chi connectivity index (χ0v) is 18.4. The molecule has 2 aromatic carbocycles. The summed E-state index contributed by atoms with van der Waals surface area (Å²) in [5, 5.41) is 0. The molecule has 2 aliphatic heterocycles. The summed E-state index contributed by atoms with van der Waals surface area (Å²) in [7, 11) is 0. The van der Waals surface area contributed by atoms with Gasteiger partial charge in [0.05, 0.1) is 0 Å². The Labute approximate surface area is 183 Å². The molecule has 3 aliphatic rings. The molecule has 5 rings (SSSR count). The summed E-state index contributed by atoms with van der Waals surface area (Å²) in [6.45, 7) is 7.38. The van der Waals surface area contributed by atoms with Crippen LogP contribution in [0.5, 0.6) is 11.5 Å². The molecular weight excluding hydrogens is 390 g/mol. The summed E-state index contributed by atoms with van der Waals surface area (Å²) >= 11 is 0. The fraction of sp³-hybridized carbons (Fsp3) is 0.462. The van der Waals surface area contributed by atoms with Crippen LogP contribution in [0.4, 0.5) is 0 Å². The number of hydrogen-bond acceptors (Lipinski definition) is 4. The highest BCUT2D eigenvalue weighted by Gasteiger charge is 2.51. The summed E-state index contributed by atoms with van der Waals surface area (Å²) in [6, 6.07) is 15.2. The quantitative estimate of drug-likeness (QED) is 0.665. The van der Waals surface area contributed by atoms with Gasteiger partial charge in [-0.1, -0.05) is 57.2 Å². The Kier molecular flexibility index (Phi) is 4.61. The van der Waals surface area contributed by atoms with E-state index in [9.17, 15) is 9.59 Å². The lowest BCUT2D eigenvalue weighted by molar-refractivity contribution is -0.153. The van der Waals surface area contributed by atoms with E-state index in [0.29, 0.717) is 11.5 Å². The normalized spacial score (nSPS) is 25.9. The van der Waals surface area contributed by atoms with Crippen molar-refractivity contribution in [2.45, 2.75) is 52.0 Å². The van der Waals surface area contributed by atoms with Crippen molar-refractivity contribution in [1.82, 2.24) is 4.90 Å². The summed E-state index contributed by atoms with van der Waals surface area (Å²) in [5.74, 6) is 0.206. The molecule has 2 atom stereocenters. The number of carbonyl (C=O) groups excluding carboxylic acids is 2. The maximum atomic E-state index is 13.2. The van der Waals surface area contributed by atoms with Gasteiger partial charge in [0.2, 0.25) is 0 Å². The standard InChI is InChI=1S/C26H29NO4/c1-25(2)12-17-13-26(3,15-25)16-27(17)22(28)14-30-24(29)23-18-8-4-6-10-20(18)31-21-11-7-5-9-19(21)23/h4-11,17,23H,12-16H2,1-3H3/t17-,26-/m0/s1. The smallest absolute Gasteiger partial charge is 0.318 e. The summed E-state index contributed by atoms with van der Waals surface area (Å²) in [4.78, 5) is 28.2. The third kappa shape index (κ3) is 3.60. The number of hydrogen-bond donors (Lipinski definition) is 0. The van der Waals surface area contributed by atoms with E-state index in [1.807, 2.05) is 53.4 Å². The van der Waals surface area contributed by atoms with Gasteiger partial charge < -0.3 is 14.4 Å². The molecule has 1 amide bonds. The maximum Gasteiger partial charge on any atom is 0.318 e. The number of rotatable bonds is 3. The number of likely N-dealkylation sites (tertiary alicyclic amines) is 1. The van der Waals surface area contributed by atoms with Crippen molar-refractivity contribution in [3.8, 4) is 11.5 Å². The van der Waals surface area contributed by atoms with Crippen LogP contribution in [0.2, 0.25) is 0 Å². The zero-order valence-electron chi connectivity index (χ0n) is 18.4. The molecule has 1 saturated carbocycles. The van der Waals surface area contributed by atoms with E-state index in [1.54, 1.807) is 0 Å². The number of esters is 1. The number of fused-ring (bicyclic) bond motifs is 4. The van der Waals surface area contributed by atoms with Gasteiger partial charge in [-0.25, -0.2) is 0 Å². The van der Waals surface area contributed by atoms with E-state index >= 15 is 0 Å². The molecule has 2 fully saturated rings. The summed E-state index contributed by atoms with van der Waals surface area (Å²) in [5.41, 5.74) is 1.93. The average molecular weight is 420 g/mol. The molecule has 2 bridgehead atoms. The third-order valence-electron chi connectivity index (χ3n) is 6.99. The molecule has 0 spiro atoms. The zero-order chi connectivity index (χ0) is 21.8. The van der Waals surface area contributed by atoms with Crippen molar-refractivity contribution in [3.05, 3.63) is 59.7 Å². The second-order valence-corrected chi connectivity index (χ2v) is 10.5. The molecule has 5 heteroatoms. The van der Waals surface area contributed by atoms with Gasteiger partial charge in [-0.15, -0.1) is 0 Å². The molecule has 162 valence electrons. The topological polar surface area (TPSA) is 55.8 Å². The molecule has 0 radical (unpaired) electrons. The predicted molar refractivity (Wildman–Crippen MR) is 117 cm³/mol. The maximum absolute atomic E-state index is 13.2. The fourth-order valence-corrected chi connectivity index (χ4v) is 6.21. The van der Waals surface area contributed by atoms with Gasteiger partial charge in [0.25, 0.3) is 5.91 Å². The number of para-hydroxylation sites is 2. The molecular formula is C26H29NO4. The van der Waals surface area contributed by atoms with Crippen molar-refractivity contribution in [2.24, 2.45) is 10.8 Å². The minimum atomic E-state index is -0.594. The van der Waals surface area contributed by atoms with Crippen LogP contribution >= 0.6 is 0 Å². The van der Waals surface area contributed by atoms with Gasteiger partial charge >= 0.3 is 5.97 Å². The van der Waals surface area contributed by atoms with Crippen LogP contribution in [0, 0.1) is 10.8 Å². The van der Waals surface area contributed by atoms with E-state index in [1.165, 1.54) is 0 Å². The first-order chi connectivity index (χ1) is 14.7. The average Bonchev–Trinajstić information content (AvgIpc) is 2.98. The Morgan fingerprint density at radius 2 is 1.61 bits per heavy atom. The highest BCUT2D eigenvalue weighted by atomic mass is 16.5. The molecule has 2 aromatic rings. The molecule has 31 heavy (non-hydrogen) atoms. The van der Waals surface area contributed by atoms with Crippen LogP contribution in [0.1, 0.15) is 57.1 Å². The van der Waals surface area contributed by atoms with Crippen LogP contribution in [-0.4, -0.2) is 36.0 Å². The van der Waals surface area contributed by atoms with Gasteiger partial charge in [-0.05, 0) is 42.2 Å². The first-order valence-corrected chi connectivity index (χ1v) is 11.1. The largest absolute Gasteiger partial charge is 0.457 e. The van der Waals surface area contributed by atoms with E-state index in [2.05, 4.69) is 20.8 Å². The van der Waals surface area contributed by atoms with Crippen molar-refractivity contribution in [3.63, 3.8) is 0 Å². The number of benzene rings is 2. The van der Waals surface area contributed by atoms with Gasteiger partial charge in [0, 0.05) is 23.7 Å². The molecule has 1 aliphatic carbocycles. The van der Waals surface area contributed by atoms with Crippen molar-refractivity contribution in [2.75, 3.05) is 13.2 Å². The monoisotopic (exact) mass is 419 g/mol.